The first-order chi connectivity index (χ1) is 13.9. The fourth-order valence-corrected chi connectivity index (χ4v) is 3.94. The molecule has 150 valence electrons. The summed E-state index contributed by atoms with van der Waals surface area (Å²) in [6.07, 6.45) is 1.71. The van der Waals surface area contributed by atoms with Crippen molar-refractivity contribution in [2.75, 3.05) is 13.7 Å². The van der Waals surface area contributed by atoms with Crippen molar-refractivity contribution in [2.24, 2.45) is 0 Å². The van der Waals surface area contributed by atoms with E-state index < -0.39 is 0 Å². The number of rotatable bonds is 6. The molecular weight excluding hydrogens is 408 g/mol. The zero-order chi connectivity index (χ0) is 21.0. The lowest BCUT2D eigenvalue weighted by Gasteiger charge is -2.16. The minimum Gasteiger partial charge on any atom is -0.493 e. The van der Waals surface area contributed by atoms with Gasteiger partial charge in [0.05, 0.1) is 18.6 Å². The Hall–Kier alpha value is -2.84. The van der Waals surface area contributed by atoms with Crippen molar-refractivity contribution in [3.63, 3.8) is 0 Å². The Morgan fingerprint density at radius 3 is 2.69 bits per heavy atom. The largest absolute Gasteiger partial charge is 0.493 e. The molecule has 0 bridgehead atoms. The molecule has 1 aliphatic rings. The number of hydrogen-bond donors (Lipinski definition) is 1. The fourth-order valence-electron chi connectivity index (χ4n) is 2.76. The van der Waals surface area contributed by atoms with E-state index in [1.54, 1.807) is 37.5 Å². The normalized spacial score (nSPS) is 15.0. The van der Waals surface area contributed by atoms with E-state index in [-0.39, 0.29) is 16.1 Å². The predicted molar refractivity (Wildman–Crippen MR) is 118 cm³/mol. The molecule has 1 aliphatic heterocycles. The van der Waals surface area contributed by atoms with Gasteiger partial charge in [0.1, 0.15) is 0 Å². The molecule has 0 unspecified atom stereocenters. The lowest BCUT2D eigenvalue weighted by molar-refractivity contribution is -0.123. The minimum atomic E-state index is -0.385. The van der Waals surface area contributed by atoms with Crippen LogP contribution in [0.1, 0.15) is 28.4 Å². The maximum atomic E-state index is 12.8. The molecule has 0 atom stereocenters. The smallest absolute Gasteiger partial charge is 0.285 e. The molecule has 6 nitrogen and oxygen atoms in total. The third-order valence-electron chi connectivity index (χ3n) is 4.18. The van der Waals surface area contributed by atoms with Gasteiger partial charge in [-0.2, -0.15) is 5.01 Å². The first-order valence-corrected chi connectivity index (χ1v) is 10.1. The molecule has 29 heavy (non-hydrogen) atoms. The second-order valence-electron chi connectivity index (χ2n) is 6.12. The topological polar surface area (TPSA) is 67.9 Å². The van der Waals surface area contributed by atoms with Gasteiger partial charge in [0.25, 0.3) is 11.8 Å². The van der Waals surface area contributed by atoms with E-state index in [2.05, 4.69) is 5.43 Å². The minimum absolute atomic E-state index is 0.265. The Kier molecular flexibility index (Phi) is 6.56. The molecule has 8 heteroatoms. The number of carbonyl (C=O) groups excluding carboxylic acids is 2. The molecule has 2 amide bonds. The van der Waals surface area contributed by atoms with Gasteiger partial charge >= 0.3 is 0 Å². The van der Waals surface area contributed by atoms with Crippen molar-refractivity contribution in [1.29, 1.82) is 0 Å². The summed E-state index contributed by atoms with van der Waals surface area (Å²) in [6, 6.07) is 12.5. The lowest BCUT2D eigenvalue weighted by Crippen LogP contribution is -2.45. The highest BCUT2D eigenvalue weighted by molar-refractivity contribution is 8.26. The number of benzene rings is 2. The average Bonchev–Trinajstić information content (AvgIpc) is 2.96. The first kappa shape index (κ1) is 20.9. The van der Waals surface area contributed by atoms with Crippen LogP contribution in [0, 0.1) is 6.92 Å². The molecule has 3 rings (SSSR count). The Morgan fingerprint density at radius 1 is 1.24 bits per heavy atom. The standard InChI is InChI=1S/C21H20N2O4S2/c1-4-27-17-11-14(9-10-16(17)26-3)12-18-20(25)23(21(28)29-18)22-19(24)15-8-6-5-7-13(15)2/h5-12H,4H2,1-3H3,(H,22,24)/b18-12-. The lowest BCUT2D eigenvalue weighted by atomic mass is 10.1. The van der Waals surface area contributed by atoms with Gasteiger partial charge in [-0.3, -0.25) is 15.0 Å². The molecule has 1 heterocycles. The Bertz CT molecular complexity index is 1000. The van der Waals surface area contributed by atoms with E-state index in [0.717, 1.165) is 27.9 Å². The van der Waals surface area contributed by atoms with Crippen molar-refractivity contribution < 1.29 is 19.1 Å². The van der Waals surface area contributed by atoms with Crippen molar-refractivity contribution >= 4 is 46.2 Å². The summed E-state index contributed by atoms with van der Waals surface area (Å²) in [6.45, 7) is 4.21. The maximum absolute atomic E-state index is 12.8. The summed E-state index contributed by atoms with van der Waals surface area (Å²) in [4.78, 5) is 25.7. The molecule has 0 saturated carbocycles. The Balaban J connectivity index is 1.81. The number of aryl methyl sites for hydroxylation is 1. The van der Waals surface area contributed by atoms with E-state index in [1.165, 1.54) is 0 Å². The quantitative estimate of drug-likeness (QED) is 0.555. The van der Waals surface area contributed by atoms with Crippen molar-refractivity contribution in [1.82, 2.24) is 10.4 Å². The number of methoxy groups -OCH3 is 1. The molecule has 1 fully saturated rings. The van der Waals surface area contributed by atoms with E-state index >= 15 is 0 Å². The number of nitrogens with zero attached hydrogens (tertiary/aromatic N) is 1. The van der Waals surface area contributed by atoms with Crippen molar-refractivity contribution in [2.45, 2.75) is 13.8 Å². The number of hydrazine groups is 1. The third kappa shape index (κ3) is 4.60. The van der Waals surface area contributed by atoms with Gasteiger partial charge in [0.15, 0.2) is 15.8 Å². The first-order valence-electron chi connectivity index (χ1n) is 8.90. The monoisotopic (exact) mass is 428 g/mol. The van der Waals surface area contributed by atoms with Crippen LogP contribution >= 0.6 is 24.0 Å². The molecule has 0 spiro atoms. The molecule has 2 aromatic rings. The van der Waals surface area contributed by atoms with Crippen LogP contribution in [0.4, 0.5) is 0 Å². The van der Waals surface area contributed by atoms with E-state index in [9.17, 15) is 9.59 Å². The molecule has 0 radical (unpaired) electrons. The number of thioether (sulfide) groups is 1. The number of amides is 2. The van der Waals surface area contributed by atoms with Crippen LogP contribution in [0.2, 0.25) is 0 Å². The van der Waals surface area contributed by atoms with Crippen LogP contribution in [0.15, 0.2) is 47.4 Å². The molecular formula is C21H20N2O4S2. The predicted octanol–water partition coefficient (Wildman–Crippen LogP) is 3.95. The van der Waals surface area contributed by atoms with Crippen LogP contribution in [-0.2, 0) is 4.79 Å². The van der Waals surface area contributed by atoms with Crippen LogP contribution in [0.25, 0.3) is 6.08 Å². The highest BCUT2D eigenvalue weighted by atomic mass is 32.2. The SMILES string of the molecule is CCOc1cc(/C=C2\SC(=S)N(NC(=O)c3ccccc3C)C2=O)ccc1OC. The van der Waals surface area contributed by atoms with E-state index in [1.807, 2.05) is 32.0 Å². The van der Waals surface area contributed by atoms with Gasteiger partial charge in [0, 0.05) is 5.56 Å². The number of carbonyl (C=O) groups is 2. The average molecular weight is 429 g/mol. The zero-order valence-corrected chi connectivity index (χ0v) is 17.9. The number of nitrogens with one attached hydrogen (secondary N) is 1. The van der Waals surface area contributed by atoms with E-state index in [0.29, 0.717) is 28.6 Å². The van der Waals surface area contributed by atoms with Crippen LogP contribution in [0.5, 0.6) is 11.5 Å². The van der Waals surface area contributed by atoms with Gasteiger partial charge in [-0.1, -0.05) is 36.0 Å². The van der Waals surface area contributed by atoms with Crippen LogP contribution < -0.4 is 14.9 Å². The van der Waals surface area contributed by atoms with E-state index in [4.69, 9.17) is 21.7 Å². The Labute approximate surface area is 178 Å². The molecule has 1 saturated heterocycles. The van der Waals surface area contributed by atoms with Crippen LogP contribution in [-0.4, -0.2) is 34.9 Å². The Morgan fingerprint density at radius 2 is 2.00 bits per heavy atom. The van der Waals surface area contributed by atoms with Gasteiger partial charge in [-0.25, -0.2) is 0 Å². The van der Waals surface area contributed by atoms with Gasteiger partial charge in [-0.05, 0) is 61.5 Å². The van der Waals surface area contributed by atoms with Crippen molar-refractivity contribution in [3.05, 3.63) is 64.1 Å². The van der Waals surface area contributed by atoms with Gasteiger partial charge < -0.3 is 9.47 Å². The molecule has 0 aromatic heterocycles. The molecule has 2 aromatic carbocycles. The highest BCUT2D eigenvalue weighted by Crippen LogP contribution is 2.34. The second-order valence-corrected chi connectivity index (χ2v) is 7.79. The molecule has 0 aliphatic carbocycles. The highest BCUT2D eigenvalue weighted by Gasteiger charge is 2.34. The summed E-state index contributed by atoms with van der Waals surface area (Å²) in [7, 11) is 1.57. The summed E-state index contributed by atoms with van der Waals surface area (Å²) in [5, 5.41) is 1.10. The number of ether oxygens (including phenoxy) is 2. The third-order valence-corrected chi connectivity index (χ3v) is 5.48. The second kappa shape index (κ2) is 9.11. The summed E-state index contributed by atoms with van der Waals surface area (Å²) < 4.78 is 11.1. The maximum Gasteiger partial charge on any atom is 0.285 e. The van der Waals surface area contributed by atoms with Gasteiger partial charge in [0.2, 0.25) is 0 Å². The van der Waals surface area contributed by atoms with Gasteiger partial charge in [-0.15, -0.1) is 0 Å². The fraction of sp³-hybridized carbons (Fsp3) is 0.190. The van der Waals surface area contributed by atoms with Crippen LogP contribution in [0.3, 0.4) is 0 Å². The van der Waals surface area contributed by atoms with Crippen molar-refractivity contribution in [3.8, 4) is 11.5 Å². The summed E-state index contributed by atoms with van der Waals surface area (Å²) in [5.41, 5.74) is 4.66. The number of hydrogen-bond acceptors (Lipinski definition) is 6. The zero-order valence-electron chi connectivity index (χ0n) is 16.2. The summed E-state index contributed by atoms with van der Waals surface area (Å²) in [5.74, 6) is 0.438. The summed E-state index contributed by atoms with van der Waals surface area (Å²) >= 11 is 6.42. The number of thiocarbonyl (C=S) groups is 1. The molecule has 1 N–H and O–H groups in total.